The van der Waals surface area contributed by atoms with Gasteiger partial charge in [0.2, 0.25) is 5.91 Å². The second-order valence-corrected chi connectivity index (χ2v) is 4.62. The zero-order valence-electron chi connectivity index (χ0n) is 11.1. The lowest BCUT2D eigenvalue weighted by molar-refractivity contribution is -0.121. The third kappa shape index (κ3) is 5.70. The van der Waals surface area contributed by atoms with E-state index in [2.05, 4.69) is 15.6 Å². The normalized spacial score (nSPS) is 11.7. The molecule has 0 radical (unpaired) electrons. The summed E-state index contributed by atoms with van der Waals surface area (Å²) in [6, 6.07) is 4.97. The lowest BCUT2D eigenvalue weighted by Gasteiger charge is -2.11. The van der Waals surface area contributed by atoms with Gasteiger partial charge in [0.1, 0.15) is 10.8 Å². The van der Waals surface area contributed by atoms with Crippen LogP contribution in [0.4, 0.5) is 0 Å². The first-order chi connectivity index (χ1) is 9.02. The second-order valence-electron chi connectivity index (χ2n) is 4.23. The largest absolute Gasteiger partial charge is 0.354 e. The van der Waals surface area contributed by atoms with E-state index in [1.54, 1.807) is 18.2 Å². The highest BCUT2D eigenvalue weighted by molar-refractivity contribution is 6.29. The monoisotopic (exact) mass is 283 g/mol. The summed E-state index contributed by atoms with van der Waals surface area (Å²) in [6.45, 7) is 4.21. The Morgan fingerprint density at radius 2 is 2.16 bits per heavy atom. The van der Waals surface area contributed by atoms with Gasteiger partial charge < -0.3 is 10.6 Å². The zero-order valence-corrected chi connectivity index (χ0v) is 11.8. The van der Waals surface area contributed by atoms with Crippen molar-refractivity contribution in [3.63, 3.8) is 0 Å². The molecule has 5 nitrogen and oxygen atoms in total. The van der Waals surface area contributed by atoms with Gasteiger partial charge in [0, 0.05) is 19.0 Å². The van der Waals surface area contributed by atoms with Crippen molar-refractivity contribution in [1.29, 1.82) is 0 Å². The summed E-state index contributed by atoms with van der Waals surface area (Å²) in [4.78, 5) is 27.1. The van der Waals surface area contributed by atoms with Crippen molar-refractivity contribution >= 4 is 23.4 Å². The summed E-state index contributed by atoms with van der Waals surface area (Å²) < 4.78 is 0. The van der Waals surface area contributed by atoms with Crippen LogP contribution in [0.15, 0.2) is 18.2 Å². The molecule has 0 aromatic carbocycles. The smallest absolute Gasteiger partial charge is 0.269 e. The molecule has 0 aliphatic heterocycles. The zero-order chi connectivity index (χ0) is 14.3. The summed E-state index contributed by atoms with van der Waals surface area (Å²) in [6.07, 6.45) is 1.13. The van der Waals surface area contributed by atoms with Gasteiger partial charge in [0.15, 0.2) is 0 Å². The van der Waals surface area contributed by atoms with Crippen molar-refractivity contribution < 1.29 is 9.59 Å². The number of hydrogen-bond acceptors (Lipinski definition) is 3. The van der Waals surface area contributed by atoms with Gasteiger partial charge >= 0.3 is 0 Å². The number of pyridine rings is 1. The van der Waals surface area contributed by atoms with Gasteiger partial charge in [0.25, 0.3) is 5.91 Å². The molecule has 0 spiro atoms. The van der Waals surface area contributed by atoms with Crippen LogP contribution in [0.1, 0.15) is 37.2 Å². The summed E-state index contributed by atoms with van der Waals surface area (Å²) >= 11 is 5.69. The van der Waals surface area contributed by atoms with Crippen LogP contribution >= 0.6 is 11.6 Å². The third-order valence-corrected chi connectivity index (χ3v) is 2.82. The molecule has 0 aliphatic carbocycles. The Kier molecular flexibility index (Phi) is 6.29. The average molecular weight is 284 g/mol. The lowest BCUT2D eigenvalue weighted by Crippen LogP contribution is -2.35. The van der Waals surface area contributed by atoms with Crippen molar-refractivity contribution in [3.05, 3.63) is 29.0 Å². The number of nitrogens with one attached hydrogen (secondary N) is 2. The quantitative estimate of drug-likeness (QED) is 0.782. The van der Waals surface area contributed by atoms with E-state index in [4.69, 9.17) is 11.6 Å². The molecule has 1 rings (SSSR count). The Balaban J connectivity index is 2.33. The fourth-order valence-electron chi connectivity index (χ4n) is 1.36. The Morgan fingerprint density at radius 1 is 1.42 bits per heavy atom. The minimum atomic E-state index is -0.334. The molecule has 19 heavy (non-hydrogen) atoms. The van der Waals surface area contributed by atoms with E-state index in [0.29, 0.717) is 0 Å². The molecule has 0 saturated carbocycles. The Hall–Kier alpha value is -1.62. The van der Waals surface area contributed by atoms with E-state index >= 15 is 0 Å². The predicted octanol–water partition coefficient (Wildman–Crippen LogP) is 1.77. The topological polar surface area (TPSA) is 71.1 Å². The Labute approximate surface area is 117 Å². The van der Waals surface area contributed by atoms with E-state index < -0.39 is 0 Å². The molecular formula is C13H18ClN3O2. The van der Waals surface area contributed by atoms with Gasteiger partial charge in [-0.1, -0.05) is 24.6 Å². The highest BCUT2D eigenvalue weighted by Gasteiger charge is 2.09. The maximum atomic E-state index is 11.7. The number of aromatic nitrogens is 1. The van der Waals surface area contributed by atoms with Gasteiger partial charge in [-0.05, 0) is 25.5 Å². The Bertz CT molecular complexity index is 451. The second kappa shape index (κ2) is 7.74. The number of carbonyl (C=O) groups is 2. The minimum Gasteiger partial charge on any atom is -0.354 e. The van der Waals surface area contributed by atoms with E-state index in [-0.39, 0.29) is 41.7 Å². The van der Waals surface area contributed by atoms with Crippen LogP contribution in [0.2, 0.25) is 5.15 Å². The first-order valence-corrected chi connectivity index (χ1v) is 6.60. The van der Waals surface area contributed by atoms with Gasteiger partial charge in [-0.25, -0.2) is 4.98 Å². The van der Waals surface area contributed by atoms with Crippen molar-refractivity contribution in [3.8, 4) is 0 Å². The molecular weight excluding hydrogens is 266 g/mol. The van der Waals surface area contributed by atoms with Crippen LogP contribution in [0.5, 0.6) is 0 Å². The molecule has 104 valence electrons. The number of rotatable bonds is 6. The van der Waals surface area contributed by atoms with Crippen LogP contribution < -0.4 is 10.6 Å². The Morgan fingerprint density at radius 3 is 2.79 bits per heavy atom. The highest BCUT2D eigenvalue weighted by Crippen LogP contribution is 2.04. The van der Waals surface area contributed by atoms with Crippen LogP contribution in [0.25, 0.3) is 0 Å². The lowest BCUT2D eigenvalue weighted by atomic mass is 10.2. The number of nitrogens with zero attached hydrogens (tertiary/aromatic N) is 1. The predicted molar refractivity (Wildman–Crippen MR) is 74.1 cm³/mol. The standard InChI is InChI=1S/C13H18ClN3O2/c1-3-9(2)16-12(18)7-8-15-13(19)10-5-4-6-11(14)17-10/h4-6,9H,3,7-8H2,1-2H3,(H,15,19)(H,16,18). The molecule has 0 bridgehead atoms. The average Bonchev–Trinajstić information content (AvgIpc) is 2.38. The fraction of sp³-hybridized carbons (Fsp3) is 0.462. The van der Waals surface area contributed by atoms with Crippen LogP contribution in [0, 0.1) is 0 Å². The van der Waals surface area contributed by atoms with Crippen molar-refractivity contribution in [2.24, 2.45) is 0 Å². The maximum absolute atomic E-state index is 11.7. The highest BCUT2D eigenvalue weighted by atomic mass is 35.5. The van der Waals surface area contributed by atoms with Crippen molar-refractivity contribution in [2.75, 3.05) is 6.54 Å². The summed E-state index contributed by atoms with van der Waals surface area (Å²) in [5, 5.41) is 5.72. The molecule has 0 saturated heterocycles. The molecule has 1 unspecified atom stereocenters. The molecule has 2 N–H and O–H groups in total. The summed E-state index contributed by atoms with van der Waals surface area (Å²) in [5.74, 6) is -0.410. The molecule has 0 fully saturated rings. The number of halogens is 1. The van der Waals surface area contributed by atoms with Crippen LogP contribution in [-0.2, 0) is 4.79 Å². The molecule has 1 aromatic rings. The third-order valence-electron chi connectivity index (χ3n) is 2.61. The molecule has 6 heteroatoms. The summed E-state index contributed by atoms with van der Waals surface area (Å²) in [5.41, 5.74) is 0.245. The van der Waals surface area contributed by atoms with Gasteiger partial charge in [-0.3, -0.25) is 9.59 Å². The van der Waals surface area contributed by atoms with E-state index in [1.165, 1.54) is 0 Å². The summed E-state index contributed by atoms with van der Waals surface area (Å²) in [7, 11) is 0. The first kappa shape index (κ1) is 15.4. The van der Waals surface area contributed by atoms with E-state index in [9.17, 15) is 9.59 Å². The first-order valence-electron chi connectivity index (χ1n) is 6.23. The van der Waals surface area contributed by atoms with E-state index in [1.807, 2.05) is 13.8 Å². The minimum absolute atomic E-state index is 0.0753. The molecule has 2 amide bonds. The molecule has 1 atom stereocenters. The van der Waals surface area contributed by atoms with Gasteiger partial charge in [-0.2, -0.15) is 0 Å². The molecule has 1 heterocycles. The number of carbonyl (C=O) groups excluding carboxylic acids is 2. The molecule has 0 aliphatic rings. The van der Waals surface area contributed by atoms with Crippen molar-refractivity contribution in [1.82, 2.24) is 15.6 Å². The number of hydrogen-bond donors (Lipinski definition) is 2. The van der Waals surface area contributed by atoms with Crippen molar-refractivity contribution in [2.45, 2.75) is 32.7 Å². The van der Waals surface area contributed by atoms with E-state index in [0.717, 1.165) is 6.42 Å². The van der Waals surface area contributed by atoms with Gasteiger partial charge in [-0.15, -0.1) is 0 Å². The molecule has 1 aromatic heterocycles. The van der Waals surface area contributed by atoms with Crippen LogP contribution in [-0.4, -0.2) is 29.4 Å². The van der Waals surface area contributed by atoms with Gasteiger partial charge in [0.05, 0.1) is 0 Å². The fourth-order valence-corrected chi connectivity index (χ4v) is 1.53. The maximum Gasteiger partial charge on any atom is 0.269 e. The number of amides is 2. The van der Waals surface area contributed by atoms with Crippen LogP contribution in [0.3, 0.4) is 0 Å². The SMILES string of the molecule is CCC(C)NC(=O)CCNC(=O)c1cccc(Cl)n1.